The number of carbonyl (C=O) groups is 3. The first-order valence-corrected chi connectivity index (χ1v) is 15.4. The number of imide groups is 1. The van der Waals surface area contributed by atoms with Crippen LogP contribution in [0.1, 0.15) is 18.9 Å². The Morgan fingerprint density at radius 3 is 1.80 bits per heavy atom. The number of hydrogen-bond donors (Lipinski definition) is 2. The summed E-state index contributed by atoms with van der Waals surface area (Å²) in [5.41, 5.74) is 12.0. The lowest BCUT2D eigenvalue weighted by molar-refractivity contribution is -0.137. The second-order valence-electron chi connectivity index (χ2n) is 10.3. The number of hydrogen-bond acceptors (Lipinski definition) is 12. The van der Waals surface area contributed by atoms with Gasteiger partial charge in [0.05, 0.1) is 52.9 Å². The average molecular weight is 648 g/mol. The summed E-state index contributed by atoms with van der Waals surface area (Å²) in [7, 11) is 2.11. The van der Waals surface area contributed by atoms with E-state index in [2.05, 4.69) is 27.1 Å². The zero-order valence-corrected chi connectivity index (χ0v) is 27.0. The number of ether oxygens (including phenoxy) is 5. The van der Waals surface area contributed by atoms with Gasteiger partial charge in [-0.05, 0) is 38.2 Å². The molecule has 256 valence electrons. The molecule has 15 heteroatoms. The third-order valence-corrected chi connectivity index (χ3v) is 6.59. The van der Waals surface area contributed by atoms with E-state index in [9.17, 15) is 14.4 Å². The molecule has 2 heterocycles. The molecule has 4 N–H and O–H groups in total. The zero-order chi connectivity index (χ0) is 33.4. The van der Waals surface area contributed by atoms with Crippen molar-refractivity contribution in [1.29, 1.82) is 0 Å². The molecule has 1 aromatic carbocycles. The third kappa shape index (κ3) is 17.1. The second kappa shape index (κ2) is 23.6. The number of carbonyl (C=O) groups excluding carboxylic acids is 3. The van der Waals surface area contributed by atoms with Gasteiger partial charge in [-0.15, -0.1) is 10.2 Å². The number of nitrogens with two attached hydrogens (primary N) is 2. The van der Waals surface area contributed by atoms with Gasteiger partial charge in [0.1, 0.15) is 24.5 Å². The monoisotopic (exact) mass is 647 g/mol. The van der Waals surface area contributed by atoms with Gasteiger partial charge in [-0.25, -0.2) is 0 Å². The van der Waals surface area contributed by atoms with Crippen LogP contribution in [0.3, 0.4) is 0 Å². The van der Waals surface area contributed by atoms with E-state index >= 15 is 0 Å². The van der Waals surface area contributed by atoms with Crippen LogP contribution in [0.25, 0.3) is 0 Å². The highest BCUT2D eigenvalue weighted by Gasteiger charge is 2.24. The summed E-state index contributed by atoms with van der Waals surface area (Å²) in [4.78, 5) is 38.6. The number of amides is 2. The van der Waals surface area contributed by atoms with E-state index in [1.165, 1.54) is 17.1 Å². The molecule has 1 saturated heterocycles. The van der Waals surface area contributed by atoms with E-state index in [-0.39, 0.29) is 17.6 Å². The highest BCUT2D eigenvalue weighted by atomic mass is 16.6. The number of likely N-dealkylation sites (N-methyl/N-ethyl adjacent to an activating group) is 1. The quantitative estimate of drug-likeness (QED) is 0.0451. The Hall–Kier alpha value is -3.73. The molecule has 0 unspecified atom stereocenters. The molecule has 0 aromatic heterocycles. The standard InChI is InChI=1S/C20H32N4O6.C11H17N3O2/c1-17(21)23-24-20(22)18-3-5-19(6-4-18)30-16-15-29-14-13-28-12-11-27-10-9-26-8-2-7-25;1-12-4-6-13(7-5-12)8-9-14-10(15)2-3-11(14)16/h3-7H,2,8-16H2,1H3,(H2,21,23)(H2,22,24);2-3H,4-9H2,1H3. The van der Waals surface area contributed by atoms with Crippen molar-refractivity contribution < 1.29 is 38.1 Å². The largest absolute Gasteiger partial charge is 0.491 e. The summed E-state index contributed by atoms with van der Waals surface area (Å²) in [6, 6.07) is 7.19. The smallest absolute Gasteiger partial charge is 0.253 e. The van der Waals surface area contributed by atoms with Crippen molar-refractivity contribution in [2.24, 2.45) is 21.7 Å². The van der Waals surface area contributed by atoms with Crippen molar-refractivity contribution in [2.75, 3.05) is 106 Å². The summed E-state index contributed by atoms with van der Waals surface area (Å²) in [6.45, 7) is 11.3. The van der Waals surface area contributed by atoms with Gasteiger partial charge in [0.15, 0.2) is 5.84 Å². The summed E-state index contributed by atoms with van der Waals surface area (Å²) >= 11 is 0. The van der Waals surface area contributed by atoms with Crippen molar-refractivity contribution in [2.45, 2.75) is 13.3 Å². The number of nitrogens with zero attached hydrogens (tertiary/aromatic N) is 5. The van der Waals surface area contributed by atoms with Crippen LogP contribution in [0.4, 0.5) is 0 Å². The SMILES string of the molecule is C/C(N)=N/N=C(\N)c1ccc(OCCOCCOCCOCCOCCC=O)cc1.CN1CCN(CCN2C(=O)C=CC2=O)CC1. The van der Waals surface area contributed by atoms with Gasteiger partial charge in [0.2, 0.25) is 0 Å². The topological polar surface area (TPSA) is 184 Å². The van der Waals surface area contributed by atoms with Gasteiger partial charge in [0, 0.05) is 63.4 Å². The van der Waals surface area contributed by atoms with Gasteiger partial charge in [-0.1, -0.05) is 0 Å². The lowest BCUT2D eigenvalue weighted by atomic mass is 10.2. The van der Waals surface area contributed by atoms with Crippen molar-refractivity contribution >= 4 is 29.8 Å². The molecule has 0 atom stereocenters. The van der Waals surface area contributed by atoms with Crippen LogP contribution < -0.4 is 16.2 Å². The Balaban J connectivity index is 0.000000383. The first kappa shape index (κ1) is 38.5. The predicted octanol–water partition coefficient (Wildman–Crippen LogP) is -0.123. The van der Waals surface area contributed by atoms with Gasteiger partial charge >= 0.3 is 0 Å². The zero-order valence-electron chi connectivity index (χ0n) is 27.0. The molecule has 0 spiro atoms. The van der Waals surface area contributed by atoms with E-state index in [1.54, 1.807) is 31.2 Å². The molecule has 0 radical (unpaired) electrons. The maximum Gasteiger partial charge on any atom is 0.253 e. The van der Waals surface area contributed by atoms with Gasteiger partial charge in [-0.2, -0.15) is 0 Å². The van der Waals surface area contributed by atoms with Crippen LogP contribution >= 0.6 is 0 Å². The Kier molecular flexibility index (Phi) is 19.7. The van der Waals surface area contributed by atoms with Crippen molar-refractivity contribution in [3.63, 3.8) is 0 Å². The van der Waals surface area contributed by atoms with Crippen LogP contribution in [0, 0.1) is 0 Å². The highest BCUT2D eigenvalue weighted by molar-refractivity contribution is 6.12. The van der Waals surface area contributed by atoms with E-state index in [4.69, 9.17) is 35.2 Å². The predicted molar refractivity (Wildman–Crippen MR) is 174 cm³/mol. The number of benzene rings is 1. The molecular formula is C31H49N7O8. The molecule has 46 heavy (non-hydrogen) atoms. The molecule has 0 aliphatic carbocycles. The normalized spacial score (nSPS) is 16.1. The summed E-state index contributed by atoms with van der Waals surface area (Å²) in [6.07, 6.45) is 3.92. The van der Waals surface area contributed by atoms with Crippen molar-refractivity contribution in [3.05, 3.63) is 42.0 Å². The van der Waals surface area contributed by atoms with E-state index in [1.807, 2.05) is 0 Å². The van der Waals surface area contributed by atoms with Crippen LogP contribution in [0.5, 0.6) is 5.75 Å². The molecule has 2 aliphatic heterocycles. The van der Waals surface area contributed by atoms with E-state index in [0.717, 1.165) is 44.6 Å². The fraction of sp³-hybridized carbons (Fsp3) is 0.581. The van der Waals surface area contributed by atoms with Crippen molar-refractivity contribution in [1.82, 2.24) is 14.7 Å². The maximum atomic E-state index is 11.3. The fourth-order valence-electron chi connectivity index (χ4n) is 3.99. The first-order valence-electron chi connectivity index (χ1n) is 15.4. The highest BCUT2D eigenvalue weighted by Crippen LogP contribution is 2.12. The molecule has 2 amide bonds. The van der Waals surface area contributed by atoms with Crippen molar-refractivity contribution in [3.8, 4) is 5.75 Å². The molecule has 15 nitrogen and oxygen atoms in total. The van der Waals surface area contributed by atoms with Gasteiger partial charge in [0.25, 0.3) is 11.8 Å². The molecule has 2 aliphatic rings. The molecule has 3 rings (SSSR count). The Morgan fingerprint density at radius 2 is 1.28 bits per heavy atom. The van der Waals surface area contributed by atoms with Crippen LogP contribution in [0.2, 0.25) is 0 Å². The van der Waals surface area contributed by atoms with E-state index in [0.29, 0.717) is 84.0 Å². The number of amidine groups is 2. The van der Waals surface area contributed by atoms with Crippen LogP contribution in [0.15, 0.2) is 46.6 Å². The number of rotatable bonds is 21. The Labute approximate surface area is 271 Å². The minimum atomic E-state index is -0.181. The summed E-state index contributed by atoms with van der Waals surface area (Å²) < 4.78 is 26.9. The summed E-state index contributed by atoms with van der Waals surface area (Å²) in [5, 5.41) is 7.55. The molecule has 1 fully saturated rings. The Morgan fingerprint density at radius 1 is 0.761 bits per heavy atom. The summed E-state index contributed by atoms with van der Waals surface area (Å²) in [5.74, 6) is 0.962. The van der Waals surface area contributed by atoms with Gasteiger partial charge < -0.3 is 44.8 Å². The lowest BCUT2D eigenvalue weighted by Gasteiger charge is -2.33. The fourth-order valence-corrected chi connectivity index (χ4v) is 3.99. The van der Waals surface area contributed by atoms with Crippen LogP contribution in [-0.4, -0.2) is 150 Å². The molecule has 0 bridgehead atoms. The van der Waals surface area contributed by atoms with Crippen LogP contribution in [-0.2, 0) is 33.3 Å². The first-order chi connectivity index (χ1) is 22.3. The maximum absolute atomic E-state index is 11.3. The molecule has 1 aromatic rings. The average Bonchev–Trinajstić information content (AvgIpc) is 3.38. The third-order valence-electron chi connectivity index (χ3n) is 6.59. The minimum absolute atomic E-state index is 0.181. The molecular weight excluding hydrogens is 598 g/mol. The lowest BCUT2D eigenvalue weighted by Crippen LogP contribution is -2.47. The Bertz CT molecular complexity index is 1100. The number of aldehydes is 1. The number of piperazine rings is 1. The molecule has 0 saturated carbocycles. The minimum Gasteiger partial charge on any atom is -0.491 e. The van der Waals surface area contributed by atoms with E-state index < -0.39 is 0 Å². The van der Waals surface area contributed by atoms with Gasteiger partial charge in [-0.3, -0.25) is 19.4 Å². The second-order valence-corrected chi connectivity index (χ2v) is 10.3.